The van der Waals surface area contributed by atoms with E-state index >= 15 is 0 Å². The molecule has 0 aliphatic heterocycles. The van der Waals surface area contributed by atoms with E-state index in [1.54, 1.807) is 0 Å². The van der Waals surface area contributed by atoms with Crippen molar-refractivity contribution < 1.29 is 25.5 Å². The maximum Gasteiger partial charge on any atom is 2.00 e. The van der Waals surface area contributed by atoms with Gasteiger partial charge in [-0.25, -0.2) is 0 Å². The standard InChI is InChI=1S/2C2H4O2.Ca.Mg.4H/c2*1-2(3)4;;;;;;/h2*1H3,(H,3,4);;;;;;/q;;2*+2;4*-1. The van der Waals surface area contributed by atoms with Gasteiger partial charge in [0.1, 0.15) is 0 Å². The van der Waals surface area contributed by atoms with E-state index in [1.807, 2.05) is 0 Å². The predicted molar refractivity (Wildman–Crippen MR) is 42.6 cm³/mol. The molecule has 0 amide bonds. The van der Waals surface area contributed by atoms with E-state index in [2.05, 4.69) is 0 Å². The van der Waals surface area contributed by atoms with Crippen LogP contribution in [0.1, 0.15) is 19.6 Å². The summed E-state index contributed by atoms with van der Waals surface area (Å²) in [5.74, 6) is -1.67. The summed E-state index contributed by atoms with van der Waals surface area (Å²) < 4.78 is 0. The minimum absolute atomic E-state index is 0. The smallest absolute Gasteiger partial charge is 1.00 e. The second-order valence-electron chi connectivity index (χ2n) is 1.04. The van der Waals surface area contributed by atoms with E-state index in [9.17, 15) is 0 Å². The Balaban J connectivity index is -0.00000000600. The zero-order valence-corrected chi connectivity index (χ0v) is 9.75. The van der Waals surface area contributed by atoms with Gasteiger partial charge < -0.3 is 15.9 Å². The fourth-order valence-corrected chi connectivity index (χ4v) is 0. The molecule has 0 atom stereocenters. The first kappa shape index (κ1) is 22.4. The number of carboxylic acid groups (broad SMARTS) is 2. The number of carbonyl (C=O) groups is 2. The molecule has 0 bridgehead atoms. The number of rotatable bonds is 0. The van der Waals surface area contributed by atoms with E-state index in [4.69, 9.17) is 19.8 Å². The zero-order chi connectivity index (χ0) is 7.15. The van der Waals surface area contributed by atoms with Gasteiger partial charge >= 0.3 is 60.8 Å². The summed E-state index contributed by atoms with van der Waals surface area (Å²) in [6, 6.07) is 0. The Morgan fingerprint density at radius 3 is 1.10 bits per heavy atom. The molecule has 0 saturated carbocycles. The Bertz CT molecular complexity index is 87.3. The molecule has 0 spiro atoms. The molecule has 0 aliphatic carbocycles. The van der Waals surface area contributed by atoms with Crippen LogP contribution in [0.4, 0.5) is 0 Å². The minimum atomic E-state index is -0.833. The summed E-state index contributed by atoms with van der Waals surface area (Å²) in [5.41, 5.74) is 0. The fraction of sp³-hybridized carbons (Fsp3) is 0.500. The van der Waals surface area contributed by atoms with Crippen LogP contribution in [0.2, 0.25) is 0 Å². The second-order valence-corrected chi connectivity index (χ2v) is 1.04. The largest absolute Gasteiger partial charge is 2.00 e. The van der Waals surface area contributed by atoms with Gasteiger partial charge in [-0.1, -0.05) is 0 Å². The van der Waals surface area contributed by atoms with Crippen LogP contribution in [0.3, 0.4) is 0 Å². The van der Waals surface area contributed by atoms with Crippen molar-refractivity contribution >= 4 is 72.7 Å². The first-order valence-corrected chi connectivity index (χ1v) is 1.86. The third kappa shape index (κ3) is 610. The van der Waals surface area contributed by atoms with Crippen LogP contribution in [0, 0.1) is 0 Å². The summed E-state index contributed by atoms with van der Waals surface area (Å²) in [6.07, 6.45) is 0. The Kier molecular flexibility index (Phi) is 37.1. The second kappa shape index (κ2) is 16.5. The van der Waals surface area contributed by atoms with Crippen molar-refractivity contribution in [2.24, 2.45) is 0 Å². The third-order valence-electron chi connectivity index (χ3n) is 0. The van der Waals surface area contributed by atoms with Crippen molar-refractivity contribution in [3.63, 3.8) is 0 Å². The fourth-order valence-electron chi connectivity index (χ4n) is 0. The summed E-state index contributed by atoms with van der Waals surface area (Å²) in [7, 11) is 0. The molecular weight excluding hydrogens is 176 g/mol. The van der Waals surface area contributed by atoms with Crippen LogP contribution >= 0.6 is 0 Å². The van der Waals surface area contributed by atoms with Crippen LogP contribution < -0.4 is 0 Å². The molecular formula is C4H12CaMgO4. The Morgan fingerprint density at radius 2 is 1.10 bits per heavy atom. The molecule has 0 unspecified atom stereocenters. The van der Waals surface area contributed by atoms with E-state index < -0.39 is 11.9 Å². The monoisotopic (exact) mass is 188 g/mol. The molecule has 0 aromatic heterocycles. The summed E-state index contributed by atoms with van der Waals surface area (Å²) >= 11 is 0. The van der Waals surface area contributed by atoms with Crippen molar-refractivity contribution in [1.29, 1.82) is 0 Å². The summed E-state index contributed by atoms with van der Waals surface area (Å²) in [6.45, 7) is 2.17. The first-order chi connectivity index (χ1) is 3.46. The molecule has 6 heteroatoms. The molecule has 0 fully saturated rings. The quantitative estimate of drug-likeness (QED) is 0.520. The number of aliphatic carboxylic acids is 2. The van der Waals surface area contributed by atoms with Crippen LogP contribution in [-0.2, 0) is 9.59 Å². The third-order valence-corrected chi connectivity index (χ3v) is 0. The Morgan fingerprint density at radius 1 is 1.10 bits per heavy atom. The summed E-state index contributed by atoms with van der Waals surface area (Å²) in [4.78, 5) is 18.0. The van der Waals surface area contributed by atoms with Crippen molar-refractivity contribution in [3.8, 4) is 0 Å². The van der Waals surface area contributed by atoms with Crippen LogP contribution in [0.15, 0.2) is 0 Å². The van der Waals surface area contributed by atoms with Crippen LogP contribution in [0.5, 0.6) is 0 Å². The minimum Gasteiger partial charge on any atom is -1.00 e. The van der Waals surface area contributed by atoms with E-state index in [0.29, 0.717) is 0 Å². The van der Waals surface area contributed by atoms with Crippen molar-refractivity contribution in [3.05, 3.63) is 0 Å². The van der Waals surface area contributed by atoms with E-state index in [1.165, 1.54) is 0 Å². The average molecular weight is 189 g/mol. The van der Waals surface area contributed by atoms with Crippen LogP contribution in [0.25, 0.3) is 0 Å². The summed E-state index contributed by atoms with van der Waals surface area (Å²) in [5, 5.41) is 14.8. The maximum atomic E-state index is 9.00. The average Bonchev–Trinajstić information content (AvgIpc) is 1.25. The first-order valence-electron chi connectivity index (χ1n) is 1.86. The van der Waals surface area contributed by atoms with Crippen molar-refractivity contribution in [2.75, 3.05) is 0 Å². The SMILES string of the molecule is CC(=O)O.CC(=O)O.[Ca+2].[H-].[H-].[H-].[H-].[Mg+2]. The molecule has 0 radical (unpaired) electrons. The van der Waals surface area contributed by atoms with E-state index in [-0.39, 0.29) is 66.5 Å². The number of carboxylic acids is 2. The van der Waals surface area contributed by atoms with Gasteiger partial charge in [-0.15, -0.1) is 0 Å². The topological polar surface area (TPSA) is 74.6 Å². The van der Waals surface area contributed by atoms with Gasteiger partial charge in [0, 0.05) is 13.8 Å². The van der Waals surface area contributed by atoms with Gasteiger partial charge in [0.15, 0.2) is 0 Å². The van der Waals surface area contributed by atoms with Gasteiger partial charge in [0.05, 0.1) is 0 Å². The van der Waals surface area contributed by atoms with E-state index in [0.717, 1.165) is 13.8 Å². The molecule has 0 aliphatic rings. The zero-order valence-electron chi connectivity index (χ0n) is 10.1. The molecule has 0 aromatic rings. The normalized spacial score (nSPS) is 5.00. The molecule has 56 valence electrons. The van der Waals surface area contributed by atoms with Crippen LogP contribution in [-0.4, -0.2) is 82.9 Å². The molecule has 10 heavy (non-hydrogen) atoms. The number of hydrogen-bond acceptors (Lipinski definition) is 2. The Hall–Kier alpha value is 0.966. The number of hydrogen-bond donors (Lipinski definition) is 2. The predicted octanol–water partition coefficient (Wildman–Crippen LogP) is -0.130. The molecule has 0 rings (SSSR count). The van der Waals surface area contributed by atoms with Crippen molar-refractivity contribution in [1.82, 2.24) is 0 Å². The Labute approximate surface area is 111 Å². The maximum absolute atomic E-state index is 9.00. The molecule has 0 aromatic carbocycles. The van der Waals surface area contributed by atoms with Gasteiger partial charge in [-0.3, -0.25) is 9.59 Å². The molecule has 0 saturated heterocycles. The van der Waals surface area contributed by atoms with Gasteiger partial charge in [0.2, 0.25) is 0 Å². The van der Waals surface area contributed by atoms with Crippen molar-refractivity contribution in [2.45, 2.75) is 13.8 Å². The molecule has 4 nitrogen and oxygen atoms in total. The molecule has 0 heterocycles. The van der Waals surface area contributed by atoms with Gasteiger partial charge in [0.25, 0.3) is 11.9 Å². The molecule has 2 N–H and O–H groups in total. The van der Waals surface area contributed by atoms with Gasteiger partial charge in [-0.2, -0.15) is 0 Å². The van der Waals surface area contributed by atoms with Gasteiger partial charge in [-0.05, 0) is 0 Å².